The maximum absolute atomic E-state index is 9.46. The molecule has 108 valence electrons. The zero-order valence-corrected chi connectivity index (χ0v) is 12.4. The summed E-state index contributed by atoms with van der Waals surface area (Å²) in [6, 6.07) is 2.64. The molecule has 20 heavy (non-hydrogen) atoms. The van der Waals surface area contributed by atoms with E-state index in [1.807, 2.05) is 6.92 Å². The number of aryl methyl sites for hydroxylation is 1. The number of nitriles is 1. The SMILES string of the molecule is CCc1nnc(NC2CCCCNC2)c(C#N)c1CC. The van der Waals surface area contributed by atoms with Gasteiger partial charge < -0.3 is 10.6 Å². The lowest BCUT2D eigenvalue weighted by Crippen LogP contribution is -2.31. The summed E-state index contributed by atoms with van der Waals surface area (Å²) in [5.41, 5.74) is 2.64. The summed E-state index contributed by atoms with van der Waals surface area (Å²) in [7, 11) is 0. The molecule has 1 saturated heterocycles. The molecule has 1 unspecified atom stereocenters. The van der Waals surface area contributed by atoms with Crippen molar-refractivity contribution in [2.24, 2.45) is 0 Å². The Bertz CT molecular complexity index is 484. The number of nitrogens with one attached hydrogen (secondary N) is 2. The lowest BCUT2D eigenvalue weighted by atomic mass is 10.0. The molecule has 5 nitrogen and oxygen atoms in total. The number of hydrogen-bond acceptors (Lipinski definition) is 5. The molecule has 2 rings (SSSR count). The quantitative estimate of drug-likeness (QED) is 0.878. The summed E-state index contributed by atoms with van der Waals surface area (Å²) in [6.07, 6.45) is 5.16. The molecular weight excluding hydrogens is 250 g/mol. The molecule has 0 aromatic carbocycles. The smallest absolute Gasteiger partial charge is 0.167 e. The van der Waals surface area contributed by atoms with Crippen molar-refractivity contribution in [2.45, 2.75) is 52.0 Å². The summed E-state index contributed by atoms with van der Waals surface area (Å²) in [5, 5.41) is 24.8. The van der Waals surface area contributed by atoms with Crippen LogP contribution in [-0.4, -0.2) is 29.3 Å². The Kier molecular flexibility index (Phi) is 5.31. The first kappa shape index (κ1) is 14.7. The van der Waals surface area contributed by atoms with Crippen molar-refractivity contribution in [3.8, 4) is 6.07 Å². The summed E-state index contributed by atoms with van der Waals surface area (Å²) in [5.74, 6) is 0.648. The Morgan fingerprint density at radius 3 is 2.85 bits per heavy atom. The van der Waals surface area contributed by atoms with Crippen LogP contribution >= 0.6 is 0 Å². The minimum Gasteiger partial charge on any atom is -0.363 e. The van der Waals surface area contributed by atoms with Gasteiger partial charge in [0.2, 0.25) is 0 Å². The van der Waals surface area contributed by atoms with Gasteiger partial charge in [-0.15, -0.1) is 5.10 Å². The largest absolute Gasteiger partial charge is 0.363 e. The van der Waals surface area contributed by atoms with Gasteiger partial charge in [-0.3, -0.25) is 0 Å². The lowest BCUT2D eigenvalue weighted by Gasteiger charge is -2.19. The average molecular weight is 273 g/mol. The highest BCUT2D eigenvalue weighted by molar-refractivity contribution is 5.57. The van der Waals surface area contributed by atoms with Crippen molar-refractivity contribution in [2.75, 3.05) is 18.4 Å². The van der Waals surface area contributed by atoms with Gasteiger partial charge in [-0.1, -0.05) is 20.3 Å². The third-order valence-corrected chi connectivity index (χ3v) is 3.85. The van der Waals surface area contributed by atoms with Crippen LogP contribution in [0.2, 0.25) is 0 Å². The maximum atomic E-state index is 9.46. The highest BCUT2D eigenvalue weighted by atomic mass is 15.2. The molecule has 0 aliphatic carbocycles. The third-order valence-electron chi connectivity index (χ3n) is 3.85. The van der Waals surface area contributed by atoms with E-state index < -0.39 is 0 Å². The van der Waals surface area contributed by atoms with Crippen molar-refractivity contribution < 1.29 is 0 Å². The maximum Gasteiger partial charge on any atom is 0.167 e. The van der Waals surface area contributed by atoms with Gasteiger partial charge in [-0.25, -0.2) is 0 Å². The van der Waals surface area contributed by atoms with E-state index in [0.717, 1.165) is 43.6 Å². The van der Waals surface area contributed by atoms with Gasteiger partial charge in [0.15, 0.2) is 5.82 Å². The fourth-order valence-corrected chi connectivity index (χ4v) is 2.73. The number of hydrogen-bond donors (Lipinski definition) is 2. The molecule has 1 aliphatic rings. The van der Waals surface area contributed by atoms with Crippen LogP contribution in [0.5, 0.6) is 0 Å². The van der Waals surface area contributed by atoms with Crippen molar-refractivity contribution in [3.63, 3.8) is 0 Å². The molecule has 0 amide bonds. The second kappa shape index (κ2) is 7.20. The number of aromatic nitrogens is 2. The van der Waals surface area contributed by atoms with E-state index in [2.05, 4.69) is 33.8 Å². The first-order valence-electron chi connectivity index (χ1n) is 7.55. The number of anilines is 1. The van der Waals surface area contributed by atoms with E-state index in [0.29, 0.717) is 17.4 Å². The van der Waals surface area contributed by atoms with Gasteiger partial charge in [0.05, 0.1) is 5.69 Å². The fraction of sp³-hybridized carbons (Fsp3) is 0.667. The minimum atomic E-state index is 0.330. The summed E-state index contributed by atoms with van der Waals surface area (Å²) >= 11 is 0. The van der Waals surface area contributed by atoms with E-state index in [-0.39, 0.29) is 0 Å². The predicted octanol–water partition coefficient (Wildman–Crippen LogP) is 2.03. The standard InChI is InChI=1S/C15H23N5/c1-3-12-13(9-16)15(20-19-14(12)4-2)18-11-7-5-6-8-17-10-11/h11,17H,3-8,10H2,1-2H3,(H,18,20). The Hall–Kier alpha value is -1.67. The molecule has 1 fully saturated rings. The van der Waals surface area contributed by atoms with Crippen LogP contribution in [0.4, 0.5) is 5.82 Å². The summed E-state index contributed by atoms with van der Waals surface area (Å²) in [6.45, 7) is 6.11. The second-order valence-electron chi connectivity index (χ2n) is 5.21. The van der Waals surface area contributed by atoms with Gasteiger partial charge in [0.25, 0.3) is 0 Å². The number of rotatable bonds is 4. The normalized spacial score (nSPS) is 19.1. The Balaban J connectivity index is 2.25. The first-order chi connectivity index (χ1) is 9.80. The molecule has 0 saturated carbocycles. The Morgan fingerprint density at radius 1 is 1.30 bits per heavy atom. The molecule has 1 aromatic rings. The van der Waals surface area contributed by atoms with Crippen LogP contribution in [-0.2, 0) is 12.8 Å². The zero-order valence-electron chi connectivity index (χ0n) is 12.4. The topological polar surface area (TPSA) is 73.6 Å². The fourth-order valence-electron chi connectivity index (χ4n) is 2.73. The third kappa shape index (κ3) is 3.26. The molecule has 0 radical (unpaired) electrons. The van der Waals surface area contributed by atoms with E-state index in [1.54, 1.807) is 0 Å². The van der Waals surface area contributed by atoms with Crippen LogP contribution < -0.4 is 10.6 Å². The molecule has 5 heteroatoms. The molecular formula is C15H23N5. The molecule has 1 aromatic heterocycles. The van der Waals surface area contributed by atoms with Crippen LogP contribution in [0.25, 0.3) is 0 Å². The Labute approximate surface area is 120 Å². The zero-order chi connectivity index (χ0) is 14.4. The van der Waals surface area contributed by atoms with Gasteiger partial charge in [0.1, 0.15) is 11.6 Å². The highest BCUT2D eigenvalue weighted by Gasteiger charge is 2.18. The van der Waals surface area contributed by atoms with Crippen LogP contribution in [0.1, 0.15) is 49.9 Å². The van der Waals surface area contributed by atoms with Gasteiger partial charge in [0, 0.05) is 12.6 Å². The lowest BCUT2D eigenvalue weighted by molar-refractivity contribution is 0.631. The van der Waals surface area contributed by atoms with Crippen molar-refractivity contribution >= 4 is 5.82 Å². The summed E-state index contributed by atoms with van der Waals surface area (Å²) in [4.78, 5) is 0. The van der Waals surface area contributed by atoms with Gasteiger partial charge in [-0.05, 0) is 37.8 Å². The van der Waals surface area contributed by atoms with Gasteiger partial charge >= 0.3 is 0 Å². The molecule has 1 aliphatic heterocycles. The summed E-state index contributed by atoms with van der Waals surface area (Å²) < 4.78 is 0. The van der Waals surface area contributed by atoms with Crippen molar-refractivity contribution in [1.82, 2.24) is 15.5 Å². The molecule has 1 atom stereocenters. The molecule has 0 bridgehead atoms. The van der Waals surface area contributed by atoms with Crippen LogP contribution in [0, 0.1) is 11.3 Å². The highest BCUT2D eigenvalue weighted by Crippen LogP contribution is 2.21. The minimum absolute atomic E-state index is 0.330. The average Bonchev–Trinajstić information content (AvgIpc) is 2.75. The van der Waals surface area contributed by atoms with Crippen LogP contribution in [0.15, 0.2) is 0 Å². The monoisotopic (exact) mass is 273 g/mol. The predicted molar refractivity (Wildman–Crippen MR) is 79.6 cm³/mol. The van der Waals surface area contributed by atoms with E-state index in [9.17, 15) is 5.26 Å². The Morgan fingerprint density at radius 2 is 2.15 bits per heavy atom. The van der Waals surface area contributed by atoms with Gasteiger partial charge in [-0.2, -0.15) is 10.4 Å². The van der Waals surface area contributed by atoms with Crippen molar-refractivity contribution in [1.29, 1.82) is 5.26 Å². The van der Waals surface area contributed by atoms with E-state index in [4.69, 9.17) is 0 Å². The first-order valence-corrected chi connectivity index (χ1v) is 7.55. The van der Waals surface area contributed by atoms with Crippen LogP contribution in [0.3, 0.4) is 0 Å². The second-order valence-corrected chi connectivity index (χ2v) is 5.21. The molecule has 2 heterocycles. The molecule has 0 spiro atoms. The van der Waals surface area contributed by atoms with Crippen molar-refractivity contribution in [3.05, 3.63) is 16.8 Å². The molecule has 2 N–H and O–H groups in total. The number of nitrogens with zero attached hydrogens (tertiary/aromatic N) is 3. The van der Waals surface area contributed by atoms with E-state index in [1.165, 1.54) is 12.8 Å². The van der Waals surface area contributed by atoms with E-state index >= 15 is 0 Å².